The van der Waals surface area contributed by atoms with Gasteiger partial charge in [-0.15, -0.1) is 0 Å². The van der Waals surface area contributed by atoms with Crippen LogP contribution in [0.4, 0.5) is 4.79 Å². The second-order valence-corrected chi connectivity index (χ2v) is 7.35. The molecule has 22 heavy (non-hydrogen) atoms. The number of hydrogen-bond donors (Lipinski definition) is 0. The van der Waals surface area contributed by atoms with Gasteiger partial charge in [0.05, 0.1) is 0 Å². The summed E-state index contributed by atoms with van der Waals surface area (Å²) in [6, 6.07) is 9.51. The monoisotopic (exact) mass is 341 g/mol. The van der Waals surface area contributed by atoms with Crippen LogP contribution in [0.3, 0.4) is 0 Å². The van der Waals surface area contributed by atoms with E-state index in [1.54, 1.807) is 4.90 Å². The molecule has 1 unspecified atom stereocenters. The molecule has 6 heteroatoms. The number of rotatable bonds is 2. The lowest BCUT2D eigenvalue weighted by Gasteiger charge is -2.54. The summed E-state index contributed by atoms with van der Waals surface area (Å²) in [4.78, 5) is 25.4. The SMILES string of the molecule is O=C(OCc1ccccc1)N1CCCC2(CC(=O)C2(Cl)Cl)C1. The first-order valence-electron chi connectivity index (χ1n) is 7.31. The molecule has 0 bridgehead atoms. The molecule has 2 aliphatic rings. The fraction of sp³-hybridized carbons (Fsp3) is 0.500. The second kappa shape index (κ2) is 5.74. The summed E-state index contributed by atoms with van der Waals surface area (Å²) < 4.78 is 3.97. The molecule has 1 aliphatic heterocycles. The fourth-order valence-corrected chi connectivity index (χ4v) is 3.79. The molecule has 1 saturated carbocycles. The smallest absolute Gasteiger partial charge is 0.410 e. The van der Waals surface area contributed by atoms with Gasteiger partial charge in [0.1, 0.15) is 6.61 Å². The van der Waals surface area contributed by atoms with Crippen LogP contribution in [0.25, 0.3) is 0 Å². The number of halogens is 2. The van der Waals surface area contributed by atoms with E-state index in [4.69, 9.17) is 27.9 Å². The van der Waals surface area contributed by atoms with Crippen LogP contribution in [0.15, 0.2) is 30.3 Å². The third-order valence-corrected chi connectivity index (χ3v) is 5.78. The van der Waals surface area contributed by atoms with Crippen molar-refractivity contribution in [2.24, 2.45) is 5.41 Å². The van der Waals surface area contributed by atoms with E-state index in [-0.39, 0.29) is 18.5 Å². The maximum absolute atomic E-state index is 12.2. The van der Waals surface area contributed by atoms with Crippen molar-refractivity contribution < 1.29 is 14.3 Å². The molecule has 118 valence electrons. The van der Waals surface area contributed by atoms with Gasteiger partial charge in [-0.05, 0) is 18.4 Å². The molecule has 1 atom stereocenters. The average Bonchev–Trinajstić information content (AvgIpc) is 2.54. The van der Waals surface area contributed by atoms with E-state index in [1.165, 1.54) is 0 Å². The zero-order valence-corrected chi connectivity index (χ0v) is 13.6. The second-order valence-electron chi connectivity index (χ2n) is 6.02. The van der Waals surface area contributed by atoms with Gasteiger partial charge in [-0.3, -0.25) is 4.79 Å². The summed E-state index contributed by atoms with van der Waals surface area (Å²) in [6.07, 6.45) is 1.48. The van der Waals surface area contributed by atoms with Gasteiger partial charge >= 0.3 is 6.09 Å². The maximum atomic E-state index is 12.2. The number of amides is 1. The Morgan fingerprint density at radius 2 is 2.00 bits per heavy atom. The molecule has 1 saturated heterocycles. The van der Waals surface area contributed by atoms with Crippen LogP contribution in [0.1, 0.15) is 24.8 Å². The highest BCUT2D eigenvalue weighted by Crippen LogP contribution is 2.58. The lowest BCUT2D eigenvalue weighted by atomic mass is 9.62. The standard InChI is InChI=1S/C16H17Cl2NO3/c17-16(18)13(20)9-15(16)7-4-8-19(11-15)14(21)22-10-12-5-2-1-3-6-12/h1-3,5-6H,4,7-11H2. The van der Waals surface area contributed by atoms with Crippen LogP contribution in [0.5, 0.6) is 0 Å². The van der Waals surface area contributed by atoms with Gasteiger partial charge in [-0.2, -0.15) is 0 Å². The van der Waals surface area contributed by atoms with Crippen molar-refractivity contribution in [2.45, 2.75) is 30.2 Å². The number of carbonyl (C=O) groups excluding carboxylic acids is 2. The average molecular weight is 342 g/mol. The first kappa shape index (κ1) is 15.6. The number of hydrogen-bond acceptors (Lipinski definition) is 3. The van der Waals surface area contributed by atoms with Crippen molar-refractivity contribution in [1.29, 1.82) is 0 Å². The molecule has 4 nitrogen and oxygen atoms in total. The van der Waals surface area contributed by atoms with Gasteiger partial charge in [0, 0.05) is 24.9 Å². The molecule has 2 fully saturated rings. The molecule has 0 aromatic heterocycles. The maximum Gasteiger partial charge on any atom is 0.410 e. The number of Topliss-reactive ketones (excluding diaryl/α,β-unsaturated/α-hetero) is 1. The molecule has 1 aliphatic carbocycles. The van der Waals surface area contributed by atoms with Gasteiger partial charge in [-0.1, -0.05) is 53.5 Å². The van der Waals surface area contributed by atoms with Crippen molar-refractivity contribution in [2.75, 3.05) is 13.1 Å². The Hall–Kier alpha value is -1.26. The topological polar surface area (TPSA) is 46.6 Å². The van der Waals surface area contributed by atoms with Crippen LogP contribution in [0.2, 0.25) is 0 Å². The van der Waals surface area contributed by atoms with E-state index < -0.39 is 9.75 Å². The van der Waals surface area contributed by atoms with Crippen molar-refractivity contribution in [3.63, 3.8) is 0 Å². The summed E-state index contributed by atoms with van der Waals surface area (Å²) in [5.74, 6) is -0.157. The van der Waals surface area contributed by atoms with Crippen LogP contribution in [0, 0.1) is 5.41 Å². The van der Waals surface area contributed by atoms with Gasteiger partial charge in [-0.25, -0.2) is 4.79 Å². The van der Waals surface area contributed by atoms with E-state index in [2.05, 4.69) is 0 Å². The number of ketones is 1. The molecule has 3 rings (SSSR count). The number of piperidine rings is 1. The normalized spacial score (nSPS) is 26.6. The highest BCUT2D eigenvalue weighted by Gasteiger charge is 2.65. The first-order chi connectivity index (χ1) is 10.4. The number of alkyl halides is 2. The van der Waals surface area contributed by atoms with Crippen LogP contribution in [-0.4, -0.2) is 34.2 Å². The lowest BCUT2D eigenvalue weighted by molar-refractivity contribution is -0.137. The molecular formula is C16H17Cl2NO3. The van der Waals surface area contributed by atoms with E-state index in [1.807, 2.05) is 30.3 Å². The zero-order chi connectivity index (χ0) is 15.8. The largest absolute Gasteiger partial charge is 0.445 e. The summed E-state index contributed by atoms with van der Waals surface area (Å²) in [5.41, 5.74) is 0.419. The predicted octanol–water partition coefficient (Wildman–Crippen LogP) is 3.55. The molecule has 1 heterocycles. The van der Waals surface area contributed by atoms with E-state index >= 15 is 0 Å². The molecule has 1 spiro atoms. The molecule has 0 radical (unpaired) electrons. The molecule has 0 N–H and O–H groups in total. The number of likely N-dealkylation sites (tertiary alicyclic amines) is 1. The minimum absolute atomic E-state index is 0.157. The molecule has 1 aromatic rings. The lowest BCUT2D eigenvalue weighted by Crippen LogP contribution is -2.65. The number of ether oxygens (including phenoxy) is 1. The molecular weight excluding hydrogens is 325 g/mol. The zero-order valence-electron chi connectivity index (χ0n) is 12.1. The van der Waals surface area contributed by atoms with Crippen molar-refractivity contribution in [3.8, 4) is 0 Å². The van der Waals surface area contributed by atoms with Crippen molar-refractivity contribution in [3.05, 3.63) is 35.9 Å². The number of carbonyl (C=O) groups is 2. The highest BCUT2D eigenvalue weighted by molar-refractivity contribution is 6.61. The summed E-state index contributed by atoms with van der Waals surface area (Å²) >= 11 is 12.3. The van der Waals surface area contributed by atoms with Gasteiger partial charge in [0.15, 0.2) is 10.1 Å². The molecule has 1 amide bonds. The number of nitrogens with zero attached hydrogens (tertiary/aromatic N) is 1. The summed E-state index contributed by atoms with van der Waals surface area (Å²) in [6.45, 7) is 1.21. The third kappa shape index (κ3) is 2.59. The van der Waals surface area contributed by atoms with Gasteiger partial charge in [0.25, 0.3) is 0 Å². The Balaban J connectivity index is 1.61. The van der Waals surface area contributed by atoms with Crippen LogP contribution >= 0.6 is 23.2 Å². The Labute approximate surface area is 139 Å². The Kier molecular flexibility index (Phi) is 4.08. The Morgan fingerprint density at radius 1 is 1.27 bits per heavy atom. The van der Waals surface area contributed by atoms with Gasteiger partial charge in [0.2, 0.25) is 0 Å². The minimum atomic E-state index is -1.37. The summed E-state index contributed by atoms with van der Waals surface area (Å²) in [5, 5.41) is 0. The predicted molar refractivity (Wildman–Crippen MR) is 83.9 cm³/mol. The Bertz CT molecular complexity index is 590. The van der Waals surface area contributed by atoms with Crippen molar-refractivity contribution >= 4 is 35.1 Å². The van der Waals surface area contributed by atoms with Crippen LogP contribution < -0.4 is 0 Å². The molecule has 1 aromatic carbocycles. The van der Waals surface area contributed by atoms with Crippen LogP contribution in [-0.2, 0) is 16.1 Å². The fourth-order valence-electron chi connectivity index (χ4n) is 3.22. The first-order valence-corrected chi connectivity index (χ1v) is 8.07. The van der Waals surface area contributed by atoms with Gasteiger partial charge < -0.3 is 9.64 Å². The van der Waals surface area contributed by atoms with E-state index in [9.17, 15) is 9.59 Å². The number of benzene rings is 1. The third-order valence-electron chi connectivity index (χ3n) is 4.56. The van der Waals surface area contributed by atoms with Crippen molar-refractivity contribution in [1.82, 2.24) is 4.90 Å². The Morgan fingerprint density at radius 3 is 2.64 bits per heavy atom. The van der Waals surface area contributed by atoms with E-state index in [0.29, 0.717) is 19.5 Å². The van der Waals surface area contributed by atoms with E-state index in [0.717, 1.165) is 18.4 Å². The minimum Gasteiger partial charge on any atom is -0.445 e. The highest BCUT2D eigenvalue weighted by atomic mass is 35.5. The quantitative estimate of drug-likeness (QED) is 0.772. The summed E-state index contributed by atoms with van der Waals surface area (Å²) in [7, 11) is 0.